The Bertz CT molecular complexity index is 593. The first kappa shape index (κ1) is 16.6. The molecule has 0 aliphatic heterocycles. The lowest BCUT2D eigenvalue weighted by Crippen LogP contribution is -2.18. The van der Waals surface area contributed by atoms with Gasteiger partial charge in [-0.05, 0) is 43.4 Å². The van der Waals surface area contributed by atoms with E-state index in [-0.39, 0.29) is 5.82 Å². The number of nitrogens with zero attached hydrogens (tertiary/aromatic N) is 1. The molecule has 0 aliphatic carbocycles. The summed E-state index contributed by atoms with van der Waals surface area (Å²) in [7, 11) is 5.16. The molecule has 0 aromatic heterocycles. The summed E-state index contributed by atoms with van der Waals surface area (Å²) in [6, 6.07) is 10.0. The molecule has 2 rings (SSSR count). The molecule has 118 valence electrons. The highest BCUT2D eigenvalue weighted by Gasteiger charge is 2.11. The van der Waals surface area contributed by atoms with E-state index in [0.29, 0.717) is 23.9 Å². The molecule has 0 fully saturated rings. The molecule has 0 saturated carbocycles. The third-order valence-electron chi connectivity index (χ3n) is 3.37. The summed E-state index contributed by atoms with van der Waals surface area (Å²) in [6.45, 7) is 1.18. The van der Waals surface area contributed by atoms with E-state index >= 15 is 0 Å². The van der Waals surface area contributed by atoms with E-state index in [4.69, 9.17) is 21.1 Å². The van der Waals surface area contributed by atoms with E-state index in [9.17, 15) is 4.39 Å². The zero-order chi connectivity index (χ0) is 16.1. The summed E-state index contributed by atoms with van der Waals surface area (Å²) in [6.07, 6.45) is 0. The van der Waals surface area contributed by atoms with Crippen LogP contribution in [0.4, 0.5) is 4.39 Å². The van der Waals surface area contributed by atoms with Crippen molar-refractivity contribution in [1.29, 1.82) is 0 Å². The number of halogens is 2. The van der Waals surface area contributed by atoms with E-state index < -0.39 is 0 Å². The van der Waals surface area contributed by atoms with E-state index in [1.54, 1.807) is 26.4 Å². The lowest BCUT2D eigenvalue weighted by atomic mass is 10.1. The molecule has 0 aliphatic rings. The maximum atomic E-state index is 13.4. The molecule has 0 unspecified atom stereocenters. The van der Waals surface area contributed by atoms with E-state index in [2.05, 4.69) is 0 Å². The summed E-state index contributed by atoms with van der Waals surface area (Å²) in [5.41, 5.74) is 1.78. The molecule has 0 spiro atoms. The van der Waals surface area contributed by atoms with Gasteiger partial charge in [0.15, 0.2) is 0 Å². The lowest BCUT2D eigenvalue weighted by molar-refractivity contribution is 0.302. The molecule has 0 atom stereocenters. The second-order valence-electron chi connectivity index (χ2n) is 5.08. The van der Waals surface area contributed by atoms with Gasteiger partial charge in [0.05, 0.1) is 14.2 Å². The molecule has 3 nitrogen and oxygen atoms in total. The Hall–Kier alpha value is -1.78. The Balaban J connectivity index is 2.15. The van der Waals surface area contributed by atoms with Crippen LogP contribution in [-0.2, 0) is 13.1 Å². The molecule has 2 aromatic carbocycles. The fraction of sp³-hybridized carbons (Fsp3) is 0.294. The average molecular weight is 324 g/mol. The third-order valence-corrected chi connectivity index (χ3v) is 3.60. The highest BCUT2D eigenvalue weighted by molar-refractivity contribution is 6.30. The van der Waals surface area contributed by atoms with Crippen molar-refractivity contribution in [1.82, 2.24) is 4.90 Å². The minimum Gasteiger partial charge on any atom is -0.496 e. The number of rotatable bonds is 6. The molecular formula is C17H19ClFNO2. The van der Waals surface area contributed by atoms with Crippen molar-refractivity contribution in [2.24, 2.45) is 0 Å². The summed E-state index contributed by atoms with van der Waals surface area (Å²) < 4.78 is 24.0. The minimum absolute atomic E-state index is 0.274. The lowest BCUT2D eigenvalue weighted by Gasteiger charge is -2.20. The van der Waals surface area contributed by atoms with Crippen molar-refractivity contribution in [3.8, 4) is 11.5 Å². The van der Waals surface area contributed by atoms with Gasteiger partial charge >= 0.3 is 0 Å². The highest BCUT2D eigenvalue weighted by Crippen LogP contribution is 2.26. The maximum Gasteiger partial charge on any atom is 0.123 e. The van der Waals surface area contributed by atoms with Crippen LogP contribution < -0.4 is 9.47 Å². The van der Waals surface area contributed by atoms with Gasteiger partial charge in [0.25, 0.3) is 0 Å². The number of ether oxygens (including phenoxy) is 2. The normalized spacial score (nSPS) is 10.8. The van der Waals surface area contributed by atoms with Crippen LogP contribution in [0.25, 0.3) is 0 Å². The molecule has 0 heterocycles. The minimum atomic E-state index is -0.274. The summed E-state index contributed by atoms with van der Waals surface area (Å²) in [5, 5.41) is 0.660. The molecule has 0 bridgehead atoms. The predicted octanol–water partition coefficient (Wildman–Crippen LogP) is 4.13. The van der Waals surface area contributed by atoms with Gasteiger partial charge in [0.2, 0.25) is 0 Å². The molecular weight excluding hydrogens is 305 g/mol. The van der Waals surface area contributed by atoms with Gasteiger partial charge < -0.3 is 9.47 Å². The van der Waals surface area contributed by atoms with Gasteiger partial charge in [-0.15, -0.1) is 0 Å². The van der Waals surface area contributed by atoms with E-state index in [0.717, 1.165) is 16.9 Å². The Morgan fingerprint density at radius 1 is 0.955 bits per heavy atom. The zero-order valence-corrected chi connectivity index (χ0v) is 13.7. The molecule has 0 N–H and O–H groups in total. The molecule has 2 aromatic rings. The second kappa shape index (κ2) is 7.47. The van der Waals surface area contributed by atoms with Gasteiger partial charge in [0, 0.05) is 29.2 Å². The Labute approximate surface area is 135 Å². The Morgan fingerprint density at radius 2 is 1.50 bits per heavy atom. The number of benzene rings is 2. The van der Waals surface area contributed by atoms with Crippen LogP contribution in [0.5, 0.6) is 11.5 Å². The van der Waals surface area contributed by atoms with Crippen molar-refractivity contribution in [2.75, 3.05) is 21.3 Å². The number of methoxy groups -OCH3 is 2. The standard InChI is InChI=1S/C17H19ClFNO2/c1-20(10-12-8-14(18)4-6-16(12)21-2)11-13-9-15(19)5-7-17(13)22-3/h4-9H,10-11H2,1-3H3. The molecule has 0 saturated heterocycles. The van der Waals surface area contributed by atoms with Crippen molar-refractivity contribution in [3.05, 3.63) is 58.4 Å². The first-order valence-corrected chi connectivity index (χ1v) is 7.24. The monoisotopic (exact) mass is 323 g/mol. The van der Waals surface area contributed by atoms with Crippen molar-refractivity contribution in [3.63, 3.8) is 0 Å². The number of hydrogen-bond acceptors (Lipinski definition) is 3. The van der Waals surface area contributed by atoms with E-state index in [1.807, 2.05) is 24.1 Å². The topological polar surface area (TPSA) is 21.7 Å². The van der Waals surface area contributed by atoms with Crippen molar-refractivity contribution in [2.45, 2.75) is 13.1 Å². The van der Waals surface area contributed by atoms with Gasteiger partial charge in [-0.3, -0.25) is 4.90 Å². The predicted molar refractivity (Wildman–Crippen MR) is 86.1 cm³/mol. The summed E-state index contributed by atoms with van der Waals surface area (Å²) >= 11 is 6.04. The first-order valence-electron chi connectivity index (χ1n) is 6.87. The average Bonchev–Trinajstić information content (AvgIpc) is 2.47. The van der Waals surface area contributed by atoms with Gasteiger partial charge in [-0.1, -0.05) is 11.6 Å². The smallest absolute Gasteiger partial charge is 0.123 e. The highest BCUT2D eigenvalue weighted by atomic mass is 35.5. The summed E-state index contributed by atoms with van der Waals surface area (Å²) in [4.78, 5) is 2.05. The molecule has 0 radical (unpaired) electrons. The zero-order valence-electron chi connectivity index (χ0n) is 12.9. The first-order chi connectivity index (χ1) is 10.5. The number of hydrogen-bond donors (Lipinski definition) is 0. The van der Waals surface area contributed by atoms with Gasteiger partial charge in [0.1, 0.15) is 17.3 Å². The fourth-order valence-corrected chi connectivity index (χ4v) is 2.57. The van der Waals surface area contributed by atoms with Crippen LogP contribution in [0.2, 0.25) is 5.02 Å². The van der Waals surface area contributed by atoms with Crippen LogP contribution in [0.15, 0.2) is 36.4 Å². The van der Waals surface area contributed by atoms with Crippen molar-refractivity contribution < 1.29 is 13.9 Å². The maximum absolute atomic E-state index is 13.4. The SMILES string of the molecule is COc1ccc(F)cc1CN(C)Cc1cc(Cl)ccc1OC. The Morgan fingerprint density at radius 3 is 2.09 bits per heavy atom. The van der Waals surface area contributed by atoms with Crippen LogP contribution >= 0.6 is 11.6 Å². The van der Waals surface area contributed by atoms with Crippen LogP contribution in [0.1, 0.15) is 11.1 Å². The largest absolute Gasteiger partial charge is 0.496 e. The van der Waals surface area contributed by atoms with Gasteiger partial charge in [-0.25, -0.2) is 4.39 Å². The van der Waals surface area contributed by atoms with Gasteiger partial charge in [-0.2, -0.15) is 0 Å². The van der Waals surface area contributed by atoms with Crippen LogP contribution in [-0.4, -0.2) is 26.2 Å². The Kier molecular flexibility index (Phi) is 5.63. The van der Waals surface area contributed by atoms with Crippen LogP contribution in [0, 0.1) is 5.82 Å². The fourth-order valence-electron chi connectivity index (χ4n) is 2.38. The molecule has 0 amide bonds. The summed E-state index contributed by atoms with van der Waals surface area (Å²) in [5.74, 6) is 1.18. The molecule has 22 heavy (non-hydrogen) atoms. The molecule has 5 heteroatoms. The quantitative estimate of drug-likeness (QED) is 0.798. The van der Waals surface area contributed by atoms with Crippen LogP contribution in [0.3, 0.4) is 0 Å². The third kappa shape index (κ3) is 4.12. The van der Waals surface area contributed by atoms with Crippen molar-refractivity contribution >= 4 is 11.6 Å². The second-order valence-corrected chi connectivity index (χ2v) is 5.52. The van der Waals surface area contributed by atoms with E-state index in [1.165, 1.54) is 12.1 Å².